The van der Waals surface area contributed by atoms with E-state index in [4.69, 9.17) is 0 Å². The van der Waals surface area contributed by atoms with Crippen LogP contribution in [0.4, 0.5) is 0 Å². The molecular weight excluding hydrogens is 238 g/mol. The number of hydrogen-bond donors (Lipinski definition) is 1. The SMILES string of the molecule is Cc1cc(C)cc(CSCCCNC(C)(C)C)c1. The van der Waals surface area contributed by atoms with E-state index in [2.05, 4.69) is 58.1 Å². The first-order valence-electron chi connectivity index (χ1n) is 6.77. The minimum absolute atomic E-state index is 0.248. The van der Waals surface area contributed by atoms with Gasteiger partial charge in [-0.25, -0.2) is 0 Å². The largest absolute Gasteiger partial charge is 0.312 e. The van der Waals surface area contributed by atoms with Crippen LogP contribution in [0, 0.1) is 13.8 Å². The van der Waals surface area contributed by atoms with Crippen LogP contribution in [-0.4, -0.2) is 17.8 Å². The Morgan fingerprint density at radius 1 is 1.06 bits per heavy atom. The van der Waals surface area contributed by atoms with Crippen molar-refractivity contribution in [3.63, 3.8) is 0 Å². The fourth-order valence-corrected chi connectivity index (χ4v) is 2.88. The summed E-state index contributed by atoms with van der Waals surface area (Å²) in [4.78, 5) is 0. The van der Waals surface area contributed by atoms with E-state index in [1.165, 1.54) is 28.9 Å². The molecule has 1 aromatic carbocycles. The van der Waals surface area contributed by atoms with Crippen LogP contribution in [0.15, 0.2) is 18.2 Å². The van der Waals surface area contributed by atoms with E-state index in [1.54, 1.807) is 0 Å². The molecule has 102 valence electrons. The Hall–Kier alpha value is -0.470. The van der Waals surface area contributed by atoms with E-state index in [-0.39, 0.29) is 5.54 Å². The van der Waals surface area contributed by atoms with Crippen molar-refractivity contribution in [3.8, 4) is 0 Å². The average Bonchev–Trinajstić information content (AvgIpc) is 2.20. The average molecular weight is 265 g/mol. The molecule has 0 amide bonds. The highest BCUT2D eigenvalue weighted by atomic mass is 32.2. The second-order valence-electron chi connectivity index (χ2n) is 6.08. The summed E-state index contributed by atoms with van der Waals surface area (Å²) in [6.07, 6.45) is 1.24. The van der Waals surface area contributed by atoms with Crippen LogP contribution in [0.5, 0.6) is 0 Å². The van der Waals surface area contributed by atoms with Gasteiger partial charge in [0.25, 0.3) is 0 Å². The molecule has 0 aliphatic rings. The van der Waals surface area contributed by atoms with Crippen molar-refractivity contribution in [1.29, 1.82) is 0 Å². The molecule has 0 atom stereocenters. The maximum atomic E-state index is 3.53. The first kappa shape index (κ1) is 15.6. The summed E-state index contributed by atoms with van der Waals surface area (Å²) >= 11 is 2.03. The molecule has 1 aromatic rings. The molecule has 0 saturated carbocycles. The number of benzene rings is 1. The summed E-state index contributed by atoms with van der Waals surface area (Å²) < 4.78 is 0. The standard InChI is InChI=1S/C16H27NS/c1-13-9-14(2)11-15(10-13)12-18-8-6-7-17-16(3,4)5/h9-11,17H,6-8,12H2,1-5H3. The van der Waals surface area contributed by atoms with Crippen molar-refractivity contribution in [2.24, 2.45) is 0 Å². The van der Waals surface area contributed by atoms with Crippen molar-refractivity contribution in [2.75, 3.05) is 12.3 Å². The number of aryl methyl sites for hydroxylation is 2. The smallest absolute Gasteiger partial charge is 0.0184 e. The molecule has 0 spiro atoms. The number of rotatable bonds is 6. The van der Waals surface area contributed by atoms with Gasteiger partial charge in [-0.2, -0.15) is 11.8 Å². The highest BCUT2D eigenvalue weighted by Crippen LogP contribution is 2.16. The normalized spacial score (nSPS) is 11.8. The first-order chi connectivity index (χ1) is 8.37. The molecule has 0 aliphatic carbocycles. The Bertz CT molecular complexity index is 346. The zero-order chi connectivity index (χ0) is 13.6. The van der Waals surface area contributed by atoms with E-state index in [1.807, 2.05) is 11.8 Å². The highest BCUT2D eigenvalue weighted by Gasteiger charge is 2.06. The molecule has 0 unspecified atom stereocenters. The van der Waals surface area contributed by atoms with Gasteiger partial charge in [0.05, 0.1) is 0 Å². The van der Waals surface area contributed by atoms with Gasteiger partial charge in [0.1, 0.15) is 0 Å². The van der Waals surface area contributed by atoms with Gasteiger partial charge in [0.15, 0.2) is 0 Å². The molecule has 0 fully saturated rings. The summed E-state index contributed by atoms with van der Waals surface area (Å²) in [5.74, 6) is 2.37. The predicted octanol–water partition coefficient (Wildman–Crippen LogP) is 4.31. The molecule has 2 heteroatoms. The van der Waals surface area contributed by atoms with Crippen LogP contribution in [0.25, 0.3) is 0 Å². The second kappa shape index (κ2) is 7.20. The zero-order valence-electron chi connectivity index (χ0n) is 12.5. The van der Waals surface area contributed by atoms with E-state index in [0.717, 1.165) is 12.3 Å². The molecule has 0 bridgehead atoms. The van der Waals surface area contributed by atoms with E-state index >= 15 is 0 Å². The molecule has 0 aromatic heterocycles. The molecule has 1 N–H and O–H groups in total. The third-order valence-electron chi connectivity index (χ3n) is 2.67. The van der Waals surface area contributed by atoms with Gasteiger partial charge in [-0.15, -0.1) is 0 Å². The van der Waals surface area contributed by atoms with Crippen LogP contribution >= 0.6 is 11.8 Å². The summed E-state index contributed by atoms with van der Waals surface area (Å²) in [5.41, 5.74) is 4.46. The first-order valence-corrected chi connectivity index (χ1v) is 7.92. The summed E-state index contributed by atoms with van der Waals surface area (Å²) in [6, 6.07) is 6.84. The van der Waals surface area contributed by atoms with Gasteiger partial charge in [0.2, 0.25) is 0 Å². The lowest BCUT2D eigenvalue weighted by molar-refractivity contribution is 0.427. The van der Waals surface area contributed by atoms with Crippen LogP contribution in [0.1, 0.15) is 43.9 Å². The Kier molecular flexibility index (Phi) is 6.24. The number of nitrogens with one attached hydrogen (secondary N) is 1. The Morgan fingerprint density at radius 2 is 1.67 bits per heavy atom. The lowest BCUT2D eigenvalue weighted by Crippen LogP contribution is -2.36. The van der Waals surface area contributed by atoms with Gasteiger partial charge >= 0.3 is 0 Å². The van der Waals surface area contributed by atoms with E-state index in [9.17, 15) is 0 Å². The zero-order valence-corrected chi connectivity index (χ0v) is 13.3. The Balaban J connectivity index is 2.18. The minimum atomic E-state index is 0.248. The van der Waals surface area contributed by atoms with Gasteiger partial charge < -0.3 is 5.32 Å². The van der Waals surface area contributed by atoms with Gasteiger partial charge in [-0.1, -0.05) is 29.3 Å². The van der Waals surface area contributed by atoms with Gasteiger partial charge in [-0.05, 0) is 58.9 Å². The fourth-order valence-electron chi connectivity index (χ4n) is 1.98. The van der Waals surface area contributed by atoms with Crippen molar-refractivity contribution in [2.45, 2.75) is 52.3 Å². The predicted molar refractivity (Wildman–Crippen MR) is 84.5 cm³/mol. The molecule has 0 saturated heterocycles. The lowest BCUT2D eigenvalue weighted by atomic mass is 10.1. The molecule has 1 nitrogen and oxygen atoms in total. The van der Waals surface area contributed by atoms with Crippen LogP contribution < -0.4 is 5.32 Å². The Morgan fingerprint density at radius 3 is 2.22 bits per heavy atom. The van der Waals surface area contributed by atoms with E-state index in [0.29, 0.717) is 0 Å². The quantitative estimate of drug-likeness (QED) is 0.769. The highest BCUT2D eigenvalue weighted by molar-refractivity contribution is 7.98. The maximum absolute atomic E-state index is 3.53. The molecular formula is C16H27NS. The third-order valence-corrected chi connectivity index (χ3v) is 3.79. The fraction of sp³-hybridized carbons (Fsp3) is 0.625. The van der Waals surface area contributed by atoms with Crippen molar-refractivity contribution in [1.82, 2.24) is 5.32 Å². The maximum Gasteiger partial charge on any atom is 0.0184 e. The Labute approximate surface area is 117 Å². The molecule has 0 aliphatic heterocycles. The third kappa shape index (κ3) is 7.07. The lowest BCUT2D eigenvalue weighted by Gasteiger charge is -2.20. The van der Waals surface area contributed by atoms with Crippen molar-refractivity contribution < 1.29 is 0 Å². The second-order valence-corrected chi connectivity index (χ2v) is 7.18. The van der Waals surface area contributed by atoms with E-state index < -0.39 is 0 Å². The summed E-state index contributed by atoms with van der Waals surface area (Å²) in [6.45, 7) is 12.1. The van der Waals surface area contributed by atoms with Crippen LogP contribution in [0.2, 0.25) is 0 Å². The molecule has 18 heavy (non-hydrogen) atoms. The van der Waals surface area contributed by atoms with Crippen molar-refractivity contribution in [3.05, 3.63) is 34.9 Å². The summed E-state index contributed by atoms with van der Waals surface area (Å²) in [7, 11) is 0. The van der Waals surface area contributed by atoms with Crippen molar-refractivity contribution >= 4 is 11.8 Å². The minimum Gasteiger partial charge on any atom is -0.312 e. The van der Waals surface area contributed by atoms with Gasteiger partial charge in [-0.3, -0.25) is 0 Å². The topological polar surface area (TPSA) is 12.0 Å². The summed E-state index contributed by atoms with van der Waals surface area (Å²) in [5, 5.41) is 3.53. The van der Waals surface area contributed by atoms with Gasteiger partial charge in [0, 0.05) is 11.3 Å². The molecule has 0 radical (unpaired) electrons. The number of thioether (sulfide) groups is 1. The monoisotopic (exact) mass is 265 g/mol. The van der Waals surface area contributed by atoms with Crippen LogP contribution in [-0.2, 0) is 5.75 Å². The number of hydrogen-bond acceptors (Lipinski definition) is 2. The molecule has 1 rings (SSSR count). The van der Waals surface area contributed by atoms with Crippen LogP contribution in [0.3, 0.4) is 0 Å². The molecule has 0 heterocycles.